The zero-order valence-electron chi connectivity index (χ0n) is 23.3. The average Bonchev–Trinajstić information content (AvgIpc) is 3.12. The second-order valence-corrected chi connectivity index (χ2v) is 9.67. The molecular formula is C32H27N5O6. The lowest BCUT2D eigenvalue weighted by Crippen LogP contribution is -2.50. The monoisotopic (exact) mass is 577 g/mol. The molecule has 0 unspecified atom stereocenters. The lowest BCUT2D eigenvalue weighted by molar-refractivity contribution is -0.384. The Morgan fingerprint density at radius 1 is 0.977 bits per heavy atom. The standard InChI is InChI=1S/C32H27N5O6/c1-20-10-6-7-13-23(20)27(38)19-36-26-15-9-8-14-24(26)29(21-11-4-3-5-12-21)34-30(31(36)39)35-32(40)33-25-18-22(37(41)42)16-17-28(25)43-2/h3-18,30H,19H2,1-2H3,(H2,33,35,40)/t30-/m0/s1. The van der Waals surface area contributed by atoms with Gasteiger partial charge < -0.3 is 20.3 Å². The van der Waals surface area contributed by atoms with E-state index in [0.717, 1.165) is 11.6 Å². The number of nitrogens with zero attached hydrogens (tertiary/aromatic N) is 3. The number of non-ortho nitro benzene ring substituents is 1. The molecule has 1 aliphatic heterocycles. The van der Waals surface area contributed by atoms with Gasteiger partial charge in [-0.3, -0.25) is 19.7 Å². The fraction of sp³-hybridized carbons (Fsp3) is 0.125. The Labute approximate surface area is 247 Å². The Morgan fingerprint density at radius 3 is 2.40 bits per heavy atom. The molecule has 0 aromatic heterocycles. The van der Waals surface area contributed by atoms with Crippen LogP contribution >= 0.6 is 0 Å². The number of nitrogens with one attached hydrogen (secondary N) is 2. The summed E-state index contributed by atoms with van der Waals surface area (Å²) in [6, 6.07) is 26.3. The van der Waals surface area contributed by atoms with Gasteiger partial charge in [-0.25, -0.2) is 9.79 Å². The van der Waals surface area contributed by atoms with Gasteiger partial charge in [0.25, 0.3) is 11.6 Å². The highest BCUT2D eigenvalue weighted by Crippen LogP contribution is 2.30. The van der Waals surface area contributed by atoms with Crippen molar-refractivity contribution in [2.24, 2.45) is 4.99 Å². The van der Waals surface area contributed by atoms with Gasteiger partial charge in [0.05, 0.1) is 35.7 Å². The number of ether oxygens (including phenoxy) is 1. The van der Waals surface area contributed by atoms with Crippen LogP contribution in [0.5, 0.6) is 5.75 Å². The van der Waals surface area contributed by atoms with Crippen LogP contribution in [-0.4, -0.2) is 48.2 Å². The number of carbonyl (C=O) groups excluding carboxylic acids is 3. The second-order valence-electron chi connectivity index (χ2n) is 9.67. The third-order valence-corrected chi connectivity index (χ3v) is 6.91. The summed E-state index contributed by atoms with van der Waals surface area (Å²) in [5, 5.41) is 16.4. The SMILES string of the molecule is COc1ccc([N+](=O)[O-])cc1NC(=O)N[C@@H]1N=C(c2ccccc2)c2ccccc2N(CC(=O)c2ccccc2C)C1=O. The number of urea groups is 1. The molecule has 11 nitrogen and oxygen atoms in total. The number of nitro groups is 1. The first-order valence-corrected chi connectivity index (χ1v) is 13.3. The van der Waals surface area contributed by atoms with E-state index in [-0.39, 0.29) is 29.5 Å². The van der Waals surface area contributed by atoms with Crippen LogP contribution in [0.3, 0.4) is 0 Å². The molecule has 4 aromatic rings. The molecule has 0 bridgehead atoms. The number of amides is 3. The van der Waals surface area contributed by atoms with E-state index in [1.807, 2.05) is 49.4 Å². The highest BCUT2D eigenvalue weighted by Gasteiger charge is 2.34. The van der Waals surface area contributed by atoms with E-state index in [4.69, 9.17) is 4.74 Å². The fourth-order valence-corrected chi connectivity index (χ4v) is 4.82. The van der Waals surface area contributed by atoms with E-state index in [1.165, 1.54) is 24.1 Å². The van der Waals surface area contributed by atoms with Crippen molar-refractivity contribution in [3.8, 4) is 5.75 Å². The van der Waals surface area contributed by atoms with Gasteiger partial charge in [-0.2, -0.15) is 0 Å². The molecule has 0 aliphatic carbocycles. The van der Waals surface area contributed by atoms with Gasteiger partial charge in [-0.05, 0) is 24.6 Å². The summed E-state index contributed by atoms with van der Waals surface area (Å²) in [6.07, 6.45) is -1.45. The molecule has 4 aromatic carbocycles. The molecule has 0 saturated heterocycles. The maximum absolute atomic E-state index is 14.1. The minimum absolute atomic E-state index is 0.0254. The lowest BCUT2D eigenvalue weighted by Gasteiger charge is -2.25. The van der Waals surface area contributed by atoms with Crippen LogP contribution in [0.1, 0.15) is 27.0 Å². The molecule has 1 heterocycles. The van der Waals surface area contributed by atoms with Crippen LogP contribution in [0.4, 0.5) is 21.9 Å². The highest BCUT2D eigenvalue weighted by molar-refractivity contribution is 6.21. The number of carbonyl (C=O) groups is 3. The van der Waals surface area contributed by atoms with E-state index in [9.17, 15) is 24.5 Å². The number of aryl methyl sites for hydroxylation is 1. The Bertz CT molecular complexity index is 1750. The quantitative estimate of drug-likeness (QED) is 0.169. The van der Waals surface area contributed by atoms with Crippen LogP contribution in [0.2, 0.25) is 0 Å². The minimum atomic E-state index is -1.45. The molecule has 3 amide bonds. The molecule has 0 spiro atoms. The predicted molar refractivity (Wildman–Crippen MR) is 162 cm³/mol. The van der Waals surface area contributed by atoms with Gasteiger partial charge in [-0.1, -0.05) is 72.8 Å². The molecule has 43 heavy (non-hydrogen) atoms. The summed E-state index contributed by atoms with van der Waals surface area (Å²) in [7, 11) is 1.36. The van der Waals surface area contributed by atoms with Gasteiger partial charge in [0.1, 0.15) is 5.75 Å². The number of benzene rings is 4. The number of rotatable bonds is 8. The van der Waals surface area contributed by atoms with Gasteiger partial charge in [0.15, 0.2) is 5.78 Å². The number of hydrogen-bond donors (Lipinski definition) is 2. The zero-order valence-corrected chi connectivity index (χ0v) is 23.3. The van der Waals surface area contributed by atoms with Crippen molar-refractivity contribution in [3.05, 3.63) is 129 Å². The largest absolute Gasteiger partial charge is 0.495 e. The summed E-state index contributed by atoms with van der Waals surface area (Å²) in [5.74, 6) is -0.741. The van der Waals surface area contributed by atoms with E-state index in [1.54, 1.807) is 36.4 Å². The average molecular weight is 578 g/mol. The van der Waals surface area contributed by atoms with Crippen molar-refractivity contribution in [1.82, 2.24) is 5.32 Å². The number of hydrogen-bond acceptors (Lipinski definition) is 7. The first-order valence-electron chi connectivity index (χ1n) is 13.3. The van der Waals surface area contributed by atoms with Crippen LogP contribution in [0, 0.1) is 17.0 Å². The van der Waals surface area contributed by atoms with Gasteiger partial charge in [0.2, 0.25) is 6.17 Å². The van der Waals surface area contributed by atoms with Gasteiger partial charge >= 0.3 is 6.03 Å². The van der Waals surface area contributed by atoms with Crippen molar-refractivity contribution in [2.75, 3.05) is 23.9 Å². The predicted octanol–water partition coefficient (Wildman–Crippen LogP) is 5.13. The van der Waals surface area contributed by atoms with Crippen LogP contribution in [-0.2, 0) is 4.79 Å². The molecule has 0 radical (unpaired) electrons. The van der Waals surface area contributed by atoms with E-state index in [2.05, 4.69) is 15.6 Å². The zero-order chi connectivity index (χ0) is 30.5. The van der Waals surface area contributed by atoms with E-state index in [0.29, 0.717) is 28.1 Å². The molecule has 1 aliphatic rings. The number of fused-ring (bicyclic) bond motifs is 1. The third-order valence-electron chi connectivity index (χ3n) is 6.91. The molecule has 5 rings (SSSR count). The Kier molecular flexibility index (Phi) is 8.24. The number of Topliss-reactive ketones (excluding diaryl/α,β-unsaturated/α-hetero) is 1. The maximum atomic E-state index is 14.1. The van der Waals surface area contributed by atoms with Gasteiger partial charge in [0, 0.05) is 28.8 Å². The molecule has 216 valence electrons. The van der Waals surface area contributed by atoms with Crippen LogP contribution in [0.15, 0.2) is 102 Å². The minimum Gasteiger partial charge on any atom is -0.495 e. The molecular weight excluding hydrogens is 550 g/mol. The first-order chi connectivity index (χ1) is 20.8. The van der Waals surface area contributed by atoms with E-state index < -0.39 is 23.0 Å². The van der Waals surface area contributed by atoms with Crippen molar-refractivity contribution in [2.45, 2.75) is 13.1 Å². The summed E-state index contributed by atoms with van der Waals surface area (Å²) >= 11 is 0. The number of ketones is 1. The molecule has 11 heteroatoms. The number of aliphatic imine (C=N–C) groups is 1. The summed E-state index contributed by atoms with van der Waals surface area (Å²) < 4.78 is 5.24. The summed E-state index contributed by atoms with van der Waals surface area (Å²) in [6.45, 7) is 1.52. The number of anilines is 2. The number of nitro benzene ring substituents is 1. The number of methoxy groups -OCH3 is 1. The topological polar surface area (TPSA) is 143 Å². The Hall–Kier alpha value is -5.84. The third kappa shape index (κ3) is 6.10. The second kappa shape index (κ2) is 12.4. The normalized spacial score (nSPS) is 14.2. The van der Waals surface area contributed by atoms with E-state index >= 15 is 0 Å². The van der Waals surface area contributed by atoms with Gasteiger partial charge in [-0.15, -0.1) is 0 Å². The Balaban J connectivity index is 1.54. The van der Waals surface area contributed by atoms with Crippen molar-refractivity contribution >= 4 is 40.5 Å². The highest BCUT2D eigenvalue weighted by atomic mass is 16.6. The van der Waals surface area contributed by atoms with Crippen LogP contribution < -0.4 is 20.3 Å². The smallest absolute Gasteiger partial charge is 0.321 e. The number of para-hydroxylation sites is 1. The van der Waals surface area contributed by atoms with Crippen molar-refractivity contribution in [1.29, 1.82) is 0 Å². The maximum Gasteiger partial charge on any atom is 0.321 e. The molecule has 1 atom stereocenters. The summed E-state index contributed by atoms with van der Waals surface area (Å²) in [5.41, 5.74) is 3.20. The van der Waals surface area contributed by atoms with Crippen molar-refractivity contribution in [3.63, 3.8) is 0 Å². The first kappa shape index (κ1) is 28.7. The van der Waals surface area contributed by atoms with Crippen LogP contribution in [0.25, 0.3) is 0 Å². The molecule has 0 saturated carbocycles. The fourth-order valence-electron chi connectivity index (χ4n) is 4.82. The lowest BCUT2D eigenvalue weighted by atomic mass is 9.99. The summed E-state index contributed by atoms with van der Waals surface area (Å²) in [4.78, 5) is 57.5. The number of benzodiazepines with no additional fused rings is 1. The van der Waals surface area contributed by atoms with Crippen molar-refractivity contribution < 1.29 is 24.0 Å². The Morgan fingerprint density at radius 2 is 1.67 bits per heavy atom. The molecule has 0 fully saturated rings. The molecule has 2 N–H and O–H groups in total.